The molecule has 3 atom stereocenters. The lowest BCUT2D eigenvalue weighted by atomic mass is 10.0. The molecule has 0 spiro atoms. The predicted molar refractivity (Wildman–Crippen MR) is 324 cm³/mol. The van der Waals surface area contributed by atoms with E-state index in [0.29, 0.717) is 68.6 Å². The van der Waals surface area contributed by atoms with Crippen LogP contribution in [-0.4, -0.2) is 118 Å². The van der Waals surface area contributed by atoms with Crippen LogP contribution in [0.4, 0.5) is 8.78 Å². The number of rotatable bonds is 22. The van der Waals surface area contributed by atoms with E-state index in [1.54, 1.807) is 104 Å². The molecule has 458 valence electrons. The first-order valence-electron chi connectivity index (χ1n) is 27.2. The number of hydrazine groups is 2. The van der Waals surface area contributed by atoms with Crippen molar-refractivity contribution < 1.29 is 53.1 Å². The molecule has 0 aliphatic rings. The highest BCUT2D eigenvalue weighted by Gasteiger charge is 2.25. The normalized spacial score (nSPS) is 12.1. The molecular formula is C62H71Cl2F2N9O11. The number of carboxylic acids is 1. The fourth-order valence-electron chi connectivity index (χ4n) is 7.76. The third-order valence-electron chi connectivity index (χ3n) is 12.1. The number of hydrogen-bond acceptors (Lipinski definition) is 15. The van der Waals surface area contributed by atoms with Crippen LogP contribution >= 0.6 is 23.2 Å². The highest BCUT2D eigenvalue weighted by Crippen LogP contribution is 2.28. The standard InChI is InChI=1S/C30H33ClFN5O4.C18H20ClFN2O3.C10H8N2O3.C4H10O/c1-19(2)18-41-29(39)27(38)17-36(16-21-9-11-22(12-10-21)25-15-23(31)13-14-26(25)32)34-20(3)28-33-30(40)37(35-28)24-7-5-4-6-8-24;1-2-25-18(24)17(23)11-22(21)10-12-3-5-13(6-4-12)15-9-14(19)7-8-16(15)20;13-9(14)8-6-12(10(15)11-8)7-4-2-1-3-5-7;1-4(2)3-5/h4-15,19-20,27,34,38H,16-18H2,1-3H3,(H,33,35,40);3-9,17,23H,2,10-11,21H2,1H3;1-6H,(H,11,15)(H,13,14);4-5H,3H2,1-2H3/t20?,27-;17-;;/m11../s1. The predicted octanol–water partition coefficient (Wildman–Crippen LogP) is 8.89. The molecule has 0 radical (unpaired) electrons. The van der Waals surface area contributed by atoms with E-state index < -0.39 is 47.5 Å². The van der Waals surface area contributed by atoms with Crippen molar-refractivity contribution in [3.8, 4) is 33.6 Å². The molecule has 8 rings (SSSR count). The maximum absolute atomic E-state index is 14.4. The number of carbonyl (C=O) groups excluding carboxylic acids is 2. The van der Waals surface area contributed by atoms with Gasteiger partial charge in [0.2, 0.25) is 0 Å². The number of esters is 2. The van der Waals surface area contributed by atoms with E-state index in [4.69, 9.17) is 48.7 Å². The smallest absolute Gasteiger partial charge is 0.354 e. The number of imidazole rings is 1. The molecule has 0 saturated heterocycles. The molecule has 0 fully saturated rings. The summed E-state index contributed by atoms with van der Waals surface area (Å²) in [6.45, 7) is 12.3. The van der Waals surface area contributed by atoms with Gasteiger partial charge in [0.05, 0.1) is 43.7 Å². The fraction of sp³-hybridized carbons (Fsp3) is 0.290. The number of aromatic amines is 2. The molecule has 6 aromatic carbocycles. The van der Waals surface area contributed by atoms with Gasteiger partial charge in [-0.1, -0.05) is 136 Å². The first kappa shape index (κ1) is 68.6. The Morgan fingerprint density at radius 2 is 1.16 bits per heavy atom. The minimum Gasteiger partial charge on any atom is -0.477 e. The number of benzene rings is 6. The highest BCUT2D eigenvalue weighted by atomic mass is 35.5. The highest BCUT2D eigenvalue weighted by molar-refractivity contribution is 6.31. The molecule has 0 aliphatic carbocycles. The molecule has 24 heteroatoms. The molecule has 2 aromatic heterocycles. The van der Waals surface area contributed by atoms with E-state index >= 15 is 0 Å². The molecular weight excluding hydrogens is 1160 g/mol. The minimum absolute atomic E-state index is 0.0521. The van der Waals surface area contributed by atoms with E-state index in [-0.39, 0.29) is 56.1 Å². The Labute approximate surface area is 505 Å². The number of aliphatic hydroxyl groups is 3. The lowest BCUT2D eigenvalue weighted by Gasteiger charge is -2.28. The van der Waals surface area contributed by atoms with Crippen LogP contribution in [0.3, 0.4) is 0 Å². The number of nitrogens with two attached hydrogens (primary N) is 1. The number of nitrogens with zero attached hydrogens (tertiary/aromatic N) is 5. The maximum atomic E-state index is 14.4. The fourth-order valence-corrected chi connectivity index (χ4v) is 8.11. The summed E-state index contributed by atoms with van der Waals surface area (Å²) in [5, 5.41) is 45.4. The molecule has 20 nitrogen and oxygen atoms in total. The molecule has 0 amide bonds. The van der Waals surface area contributed by atoms with Crippen LogP contribution in [0, 0.1) is 23.5 Å². The summed E-state index contributed by atoms with van der Waals surface area (Å²) in [5.41, 5.74) is 7.32. The second-order valence-electron chi connectivity index (χ2n) is 20.2. The van der Waals surface area contributed by atoms with Crippen molar-refractivity contribution in [1.29, 1.82) is 0 Å². The van der Waals surface area contributed by atoms with E-state index in [0.717, 1.165) is 11.1 Å². The van der Waals surface area contributed by atoms with Crippen molar-refractivity contribution in [2.75, 3.05) is 32.9 Å². The van der Waals surface area contributed by atoms with Crippen molar-refractivity contribution in [2.45, 2.75) is 72.9 Å². The number of carbonyl (C=O) groups is 3. The van der Waals surface area contributed by atoms with Gasteiger partial charge in [0, 0.05) is 47.1 Å². The number of H-pyrrole nitrogens is 2. The van der Waals surface area contributed by atoms with Gasteiger partial charge in [0.15, 0.2) is 12.2 Å². The molecule has 86 heavy (non-hydrogen) atoms. The topological polar surface area (TPSA) is 284 Å². The molecule has 0 aliphatic heterocycles. The zero-order valence-corrected chi connectivity index (χ0v) is 49.8. The lowest BCUT2D eigenvalue weighted by Crippen LogP contribution is -2.46. The zero-order chi connectivity index (χ0) is 63.0. The van der Waals surface area contributed by atoms with Crippen LogP contribution in [0.15, 0.2) is 161 Å². The molecule has 8 aromatic rings. The Kier molecular flexibility index (Phi) is 27.2. The van der Waals surface area contributed by atoms with Gasteiger partial charge in [-0.15, -0.1) is 5.10 Å². The largest absolute Gasteiger partial charge is 0.477 e. The van der Waals surface area contributed by atoms with Gasteiger partial charge in [-0.2, -0.15) is 4.68 Å². The van der Waals surface area contributed by atoms with E-state index in [9.17, 15) is 43.0 Å². The van der Waals surface area contributed by atoms with Crippen LogP contribution in [-0.2, 0) is 32.2 Å². The van der Waals surface area contributed by atoms with E-state index in [1.807, 2.05) is 64.1 Å². The third-order valence-corrected chi connectivity index (χ3v) is 12.6. The van der Waals surface area contributed by atoms with Gasteiger partial charge >= 0.3 is 29.3 Å². The molecule has 9 N–H and O–H groups in total. The number of halogens is 4. The number of carboxylic acid groups (broad SMARTS) is 1. The molecule has 1 unspecified atom stereocenters. The summed E-state index contributed by atoms with van der Waals surface area (Å²) in [6, 6.07) is 40.4. The quantitative estimate of drug-likeness (QED) is 0.0179. The van der Waals surface area contributed by atoms with Gasteiger partial charge < -0.3 is 29.9 Å². The van der Waals surface area contributed by atoms with Crippen molar-refractivity contribution in [3.05, 3.63) is 217 Å². The number of hydrogen-bond donors (Lipinski definition) is 8. The second kappa shape index (κ2) is 34.1. The summed E-state index contributed by atoms with van der Waals surface area (Å²) in [7, 11) is 0. The lowest BCUT2D eigenvalue weighted by molar-refractivity contribution is -0.156. The number of para-hydroxylation sites is 2. The van der Waals surface area contributed by atoms with Gasteiger partial charge in [-0.3, -0.25) is 20.4 Å². The third kappa shape index (κ3) is 21.7. The SMILES string of the molecule is CC(C)CO.CC(C)COC(=O)[C@H](O)CN(Cc1ccc(-c2cc(Cl)ccc2F)cc1)NC(C)c1nn(-c2ccccc2)c(=O)[nH]1.CCOC(=O)[C@H](O)CN(N)Cc1ccc(-c2cc(Cl)ccc2F)cc1.O=C(O)c1cn(-c2ccccc2)c(=O)[nH]1. The van der Waals surface area contributed by atoms with Crippen molar-refractivity contribution in [2.24, 2.45) is 17.7 Å². The number of nitrogens with one attached hydrogen (secondary N) is 3. The van der Waals surface area contributed by atoms with Crippen LogP contribution in [0.5, 0.6) is 0 Å². The van der Waals surface area contributed by atoms with Crippen molar-refractivity contribution >= 4 is 41.1 Å². The summed E-state index contributed by atoms with van der Waals surface area (Å²) in [6.07, 6.45) is -1.46. The number of aromatic nitrogens is 5. The number of aromatic carboxylic acids is 1. The Balaban J connectivity index is 0.000000252. The average Bonchev–Trinajstić information content (AvgIpc) is 3.68. The Bertz CT molecular complexity index is 3530. The summed E-state index contributed by atoms with van der Waals surface area (Å²) >= 11 is 12.0. The maximum Gasteiger partial charge on any atom is 0.354 e. The summed E-state index contributed by atoms with van der Waals surface area (Å²) in [4.78, 5) is 63.4. The Morgan fingerprint density at radius 1 is 0.674 bits per heavy atom. The average molecular weight is 1230 g/mol. The second-order valence-corrected chi connectivity index (χ2v) is 21.1. The van der Waals surface area contributed by atoms with Gasteiger partial charge in [-0.25, -0.2) is 48.2 Å². The minimum atomic E-state index is -1.42. The Hall–Kier alpha value is -8.16. The van der Waals surface area contributed by atoms with E-state index in [2.05, 4.69) is 20.5 Å². The van der Waals surface area contributed by atoms with Crippen LogP contribution < -0.4 is 22.6 Å². The number of aliphatic hydroxyl groups excluding tert-OH is 3. The van der Waals surface area contributed by atoms with Crippen molar-refractivity contribution in [1.82, 2.24) is 39.8 Å². The number of ether oxygens (including phenoxy) is 2. The van der Waals surface area contributed by atoms with Gasteiger partial charge in [-0.05, 0) is 109 Å². The summed E-state index contributed by atoms with van der Waals surface area (Å²) in [5.74, 6) is 3.43. The Morgan fingerprint density at radius 3 is 1.64 bits per heavy atom. The van der Waals surface area contributed by atoms with Crippen molar-refractivity contribution in [3.63, 3.8) is 0 Å². The summed E-state index contributed by atoms with van der Waals surface area (Å²) < 4.78 is 40.7. The molecule has 0 saturated carbocycles. The van der Waals surface area contributed by atoms with Crippen LogP contribution in [0.2, 0.25) is 10.0 Å². The molecule has 0 bridgehead atoms. The van der Waals surface area contributed by atoms with E-state index in [1.165, 1.54) is 44.7 Å². The first-order valence-corrected chi connectivity index (χ1v) is 28.0. The van der Waals surface area contributed by atoms with Crippen LogP contribution in [0.1, 0.15) is 75.0 Å². The zero-order valence-electron chi connectivity index (χ0n) is 48.2. The van der Waals surface area contributed by atoms with Gasteiger partial charge in [0.25, 0.3) is 0 Å². The molecule has 2 heterocycles. The van der Waals surface area contributed by atoms with Crippen LogP contribution in [0.25, 0.3) is 33.6 Å². The monoisotopic (exact) mass is 1230 g/mol. The first-order chi connectivity index (χ1) is 41.0. The van der Waals surface area contributed by atoms with Gasteiger partial charge in [0.1, 0.15) is 23.2 Å².